The van der Waals surface area contributed by atoms with Crippen molar-refractivity contribution in [2.75, 3.05) is 17.1 Å². The monoisotopic (exact) mass is 374 g/mol. The fourth-order valence-electron chi connectivity index (χ4n) is 3.92. The minimum atomic E-state index is -3.34. The predicted molar refractivity (Wildman–Crippen MR) is 98.7 cm³/mol. The number of aromatic amines is 1. The SMILES string of the molecule is CS(=O)(=O)N1CCC(NC(=O)c2n[nH]c3c2CCCC3)c2ccccc21. The zero-order valence-electron chi connectivity index (χ0n) is 14.7. The van der Waals surface area contributed by atoms with Gasteiger partial charge in [0.15, 0.2) is 5.69 Å². The third-order valence-corrected chi connectivity index (χ3v) is 6.36. The molecule has 0 saturated heterocycles. The summed E-state index contributed by atoms with van der Waals surface area (Å²) in [6, 6.07) is 7.10. The van der Waals surface area contributed by atoms with Gasteiger partial charge in [-0.2, -0.15) is 5.10 Å². The molecule has 2 aliphatic rings. The molecule has 2 N–H and O–H groups in total. The maximum Gasteiger partial charge on any atom is 0.272 e. The number of aromatic nitrogens is 2. The highest BCUT2D eigenvalue weighted by molar-refractivity contribution is 7.92. The normalized spacial score (nSPS) is 19.6. The first kappa shape index (κ1) is 17.1. The van der Waals surface area contributed by atoms with Crippen molar-refractivity contribution in [3.05, 3.63) is 46.8 Å². The van der Waals surface area contributed by atoms with Gasteiger partial charge in [0, 0.05) is 17.8 Å². The molecule has 4 rings (SSSR count). The Labute approximate surface area is 152 Å². The molecule has 1 aliphatic carbocycles. The number of nitrogens with one attached hydrogen (secondary N) is 2. The molecule has 7 nitrogen and oxygen atoms in total. The van der Waals surface area contributed by atoms with E-state index in [1.54, 1.807) is 6.07 Å². The van der Waals surface area contributed by atoms with Gasteiger partial charge in [0.05, 0.1) is 18.0 Å². The number of hydrogen-bond donors (Lipinski definition) is 2. The summed E-state index contributed by atoms with van der Waals surface area (Å²) in [4.78, 5) is 12.8. The van der Waals surface area contributed by atoms with Crippen molar-refractivity contribution in [3.63, 3.8) is 0 Å². The molecule has 1 aromatic carbocycles. The number of para-hydroxylation sites is 1. The first-order valence-electron chi connectivity index (χ1n) is 8.89. The van der Waals surface area contributed by atoms with Crippen molar-refractivity contribution < 1.29 is 13.2 Å². The maximum atomic E-state index is 12.8. The molecule has 1 aliphatic heterocycles. The van der Waals surface area contributed by atoms with Crippen LogP contribution in [0.4, 0.5) is 5.69 Å². The molecular weight excluding hydrogens is 352 g/mol. The molecule has 1 atom stereocenters. The zero-order valence-corrected chi connectivity index (χ0v) is 15.5. The first-order chi connectivity index (χ1) is 12.4. The van der Waals surface area contributed by atoms with E-state index in [1.807, 2.05) is 18.2 Å². The van der Waals surface area contributed by atoms with Gasteiger partial charge in [-0.1, -0.05) is 18.2 Å². The second-order valence-electron chi connectivity index (χ2n) is 6.95. The van der Waals surface area contributed by atoms with Crippen LogP contribution in [0.25, 0.3) is 0 Å². The van der Waals surface area contributed by atoms with Crippen LogP contribution < -0.4 is 9.62 Å². The van der Waals surface area contributed by atoms with Crippen LogP contribution >= 0.6 is 0 Å². The molecule has 0 fully saturated rings. The second-order valence-corrected chi connectivity index (χ2v) is 8.85. The second kappa shape index (κ2) is 6.42. The highest BCUT2D eigenvalue weighted by atomic mass is 32.2. The minimum Gasteiger partial charge on any atom is -0.344 e. The molecule has 0 bridgehead atoms. The van der Waals surface area contributed by atoms with Crippen molar-refractivity contribution in [1.29, 1.82) is 0 Å². The van der Waals surface area contributed by atoms with Crippen molar-refractivity contribution in [1.82, 2.24) is 15.5 Å². The highest BCUT2D eigenvalue weighted by Crippen LogP contribution is 2.35. The number of rotatable bonds is 3. The zero-order chi connectivity index (χ0) is 18.3. The molecule has 138 valence electrons. The van der Waals surface area contributed by atoms with Crippen molar-refractivity contribution in [3.8, 4) is 0 Å². The van der Waals surface area contributed by atoms with Crippen LogP contribution in [-0.2, 0) is 22.9 Å². The molecule has 8 heteroatoms. The Morgan fingerprint density at radius 1 is 1.27 bits per heavy atom. The number of anilines is 1. The molecule has 0 radical (unpaired) electrons. The van der Waals surface area contributed by atoms with E-state index < -0.39 is 10.0 Å². The molecule has 0 spiro atoms. The van der Waals surface area contributed by atoms with E-state index in [4.69, 9.17) is 0 Å². The summed E-state index contributed by atoms with van der Waals surface area (Å²) < 4.78 is 25.5. The topological polar surface area (TPSA) is 95.2 Å². The number of amides is 1. The van der Waals surface area contributed by atoms with Gasteiger partial charge in [-0.05, 0) is 43.7 Å². The molecule has 0 saturated carbocycles. The molecular formula is C18H22N4O3S. The number of H-pyrrole nitrogens is 1. The Balaban J connectivity index is 1.61. The van der Waals surface area contributed by atoms with Crippen molar-refractivity contribution in [2.45, 2.75) is 38.1 Å². The van der Waals surface area contributed by atoms with Crippen molar-refractivity contribution in [2.24, 2.45) is 0 Å². The minimum absolute atomic E-state index is 0.197. The van der Waals surface area contributed by atoms with Gasteiger partial charge in [-0.3, -0.25) is 14.2 Å². The van der Waals surface area contributed by atoms with Gasteiger partial charge in [0.1, 0.15) is 0 Å². The lowest BCUT2D eigenvalue weighted by molar-refractivity contribution is 0.0928. The van der Waals surface area contributed by atoms with Gasteiger partial charge in [0.25, 0.3) is 5.91 Å². The van der Waals surface area contributed by atoms with E-state index in [1.165, 1.54) is 10.6 Å². The van der Waals surface area contributed by atoms with Crippen molar-refractivity contribution >= 4 is 21.6 Å². The van der Waals surface area contributed by atoms with Gasteiger partial charge in [-0.15, -0.1) is 0 Å². The van der Waals surface area contributed by atoms with Crippen LogP contribution in [0.2, 0.25) is 0 Å². The van der Waals surface area contributed by atoms with E-state index in [2.05, 4.69) is 15.5 Å². The van der Waals surface area contributed by atoms with Gasteiger partial charge >= 0.3 is 0 Å². The van der Waals surface area contributed by atoms with E-state index >= 15 is 0 Å². The molecule has 1 amide bonds. The van der Waals surface area contributed by atoms with Gasteiger partial charge in [-0.25, -0.2) is 8.42 Å². The van der Waals surface area contributed by atoms with E-state index in [0.717, 1.165) is 42.5 Å². The number of nitrogens with zero attached hydrogens (tertiary/aromatic N) is 2. The smallest absolute Gasteiger partial charge is 0.272 e. The van der Waals surface area contributed by atoms with E-state index in [-0.39, 0.29) is 11.9 Å². The molecule has 1 unspecified atom stereocenters. The average molecular weight is 374 g/mol. The molecule has 26 heavy (non-hydrogen) atoms. The number of sulfonamides is 1. The summed E-state index contributed by atoms with van der Waals surface area (Å²) in [5.74, 6) is -0.197. The number of carbonyl (C=O) groups excluding carboxylic acids is 1. The number of benzene rings is 1. The van der Waals surface area contributed by atoms with Gasteiger partial charge in [0.2, 0.25) is 10.0 Å². The van der Waals surface area contributed by atoms with E-state index in [0.29, 0.717) is 24.3 Å². The summed E-state index contributed by atoms with van der Waals surface area (Å²) in [5, 5.41) is 10.3. The number of hydrogen-bond acceptors (Lipinski definition) is 4. The lowest BCUT2D eigenvalue weighted by Gasteiger charge is -2.34. The summed E-state index contributed by atoms with van der Waals surface area (Å²) in [5.41, 5.74) is 4.02. The molecule has 1 aromatic heterocycles. The fraction of sp³-hybridized carbons (Fsp3) is 0.444. The Bertz CT molecular complexity index is 951. The Morgan fingerprint density at radius 3 is 2.85 bits per heavy atom. The largest absolute Gasteiger partial charge is 0.344 e. The number of carbonyl (C=O) groups is 1. The fourth-order valence-corrected chi connectivity index (χ4v) is 4.88. The third kappa shape index (κ3) is 2.98. The van der Waals surface area contributed by atoms with E-state index in [9.17, 15) is 13.2 Å². The maximum absolute atomic E-state index is 12.8. The van der Waals surface area contributed by atoms with Crippen LogP contribution in [0.5, 0.6) is 0 Å². The molecule has 2 aromatic rings. The Kier molecular flexibility index (Phi) is 4.22. The Hall–Kier alpha value is -2.35. The summed E-state index contributed by atoms with van der Waals surface area (Å²) >= 11 is 0. The lowest BCUT2D eigenvalue weighted by Crippen LogP contribution is -2.40. The average Bonchev–Trinajstić information content (AvgIpc) is 3.05. The first-order valence-corrected chi connectivity index (χ1v) is 10.7. The van der Waals surface area contributed by atoms with Crippen LogP contribution in [0.3, 0.4) is 0 Å². The number of fused-ring (bicyclic) bond motifs is 2. The molecule has 2 heterocycles. The number of aryl methyl sites for hydroxylation is 1. The summed E-state index contributed by atoms with van der Waals surface area (Å²) in [6.07, 6.45) is 5.74. The van der Waals surface area contributed by atoms with Gasteiger partial charge < -0.3 is 5.32 Å². The predicted octanol–water partition coefficient (Wildman–Crippen LogP) is 1.93. The summed E-state index contributed by atoms with van der Waals surface area (Å²) in [7, 11) is -3.34. The van der Waals surface area contributed by atoms with Crippen LogP contribution in [0.1, 0.15) is 52.6 Å². The Morgan fingerprint density at radius 2 is 2.04 bits per heavy atom. The van der Waals surface area contributed by atoms with Crippen LogP contribution in [0.15, 0.2) is 24.3 Å². The quantitative estimate of drug-likeness (QED) is 0.858. The highest BCUT2D eigenvalue weighted by Gasteiger charge is 2.31. The van der Waals surface area contributed by atoms with Crippen LogP contribution in [0, 0.1) is 0 Å². The standard InChI is InChI=1S/C18H22N4O3S/c1-26(24,25)22-11-10-14(12-6-3-5-9-16(12)22)19-18(23)17-13-7-2-4-8-15(13)20-21-17/h3,5-6,9,14H,2,4,7-8,10-11H2,1H3,(H,19,23)(H,20,21). The lowest BCUT2D eigenvalue weighted by atomic mass is 9.95. The third-order valence-electron chi connectivity index (χ3n) is 5.18. The van der Waals surface area contributed by atoms with Crippen LogP contribution in [-0.4, -0.2) is 37.3 Å². The summed E-state index contributed by atoms with van der Waals surface area (Å²) in [6.45, 7) is 0.347.